The second-order valence-electron chi connectivity index (χ2n) is 3.91. The van der Waals surface area contributed by atoms with Crippen molar-refractivity contribution < 1.29 is 5.11 Å². The van der Waals surface area contributed by atoms with Gasteiger partial charge >= 0.3 is 0 Å². The lowest BCUT2D eigenvalue weighted by Gasteiger charge is -2.09. The molecule has 0 aromatic carbocycles. The highest BCUT2D eigenvalue weighted by Gasteiger charge is 2.05. The van der Waals surface area contributed by atoms with Gasteiger partial charge in [0.25, 0.3) is 0 Å². The first kappa shape index (κ1) is 13.5. The van der Waals surface area contributed by atoms with Gasteiger partial charge in [-0.15, -0.1) is 5.10 Å². The molecule has 92 valence electrons. The highest BCUT2D eigenvalue weighted by atomic mass is 32.2. The van der Waals surface area contributed by atoms with Gasteiger partial charge in [-0.25, -0.2) is 4.68 Å². The summed E-state index contributed by atoms with van der Waals surface area (Å²) in [6.45, 7) is 2.76. The Morgan fingerprint density at radius 3 is 2.94 bits per heavy atom. The minimum Gasteiger partial charge on any atom is -0.390 e. The van der Waals surface area contributed by atoms with Gasteiger partial charge in [0, 0.05) is 11.9 Å². The summed E-state index contributed by atoms with van der Waals surface area (Å²) in [6, 6.07) is 0. The normalized spacial score (nSPS) is 12.9. The largest absolute Gasteiger partial charge is 0.390 e. The molecule has 0 saturated heterocycles. The van der Waals surface area contributed by atoms with Crippen LogP contribution in [-0.2, 0) is 6.54 Å². The third-order valence-corrected chi connectivity index (χ3v) is 3.52. The van der Waals surface area contributed by atoms with E-state index in [1.165, 1.54) is 25.7 Å². The number of aromatic nitrogens is 3. The van der Waals surface area contributed by atoms with E-state index in [9.17, 15) is 5.11 Å². The molecule has 1 heterocycles. The zero-order valence-electron chi connectivity index (χ0n) is 9.88. The van der Waals surface area contributed by atoms with Gasteiger partial charge in [-0.3, -0.25) is 0 Å². The summed E-state index contributed by atoms with van der Waals surface area (Å²) in [5.41, 5.74) is 0. The molecule has 1 atom stereocenters. The monoisotopic (exact) mass is 243 g/mol. The standard InChI is InChI=1S/C11H21N3OS/c1-2-3-4-5-8-16-10-11(15)9-14-7-6-12-13-14/h6-7,11,15H,2-5,8-10H2,1H3. The maximum Gasteiger partial charge on any atom is 0.0826 e. The number of thioether (sulfide) groups is 1. The fourth-order valence-corrected chi connectivity index (χ4v) is 2.40. The van der Waals surface area contributed by atoms with Gasteiger partial charge < -0.3 is 5.11 Å². The Bertz CT molecular complexity index is 254. The van der Waals surface area contributed by atoms with Crippen LogP contribution in [0.25, 0.3) is 0 Å². The molecule has 1 rings (SSSR count). The Morgan fingerprint density at radius 1 is 1.38 bits per heavy atom. The lowest BCUT2D eigenvalue weighted by Crippen LogP contribution is -2.19. The summed E-state index contributed by atoms with van der Waals surface area (Å²) in [4.78, 5) is 0. The molecular weight excluding hydrogens is 222 g/mol. The van der Waals surface area contributed by atoms with Gasteiger partial charge in [0.05, 0.1) is 18.8 Å². The zero-order valence-corrected chi connectivity index (χ0v) is 10.7. The molecule has 1 N–H and O–H groups in total. The second kappa shape index (κ2) is 8.58. The van der Waals surface area contributed by atoms with E-state index in [2.05, 4.69) is 17.2 Å². The van der Waals surface area contributed by atoms with Crippen molar-refractivity contribution >= 4 is 11.8 Å². The van der Waals surface area contributed by atoms with Crippen LogP contribution in [-0.4, -0.2) is 37.7 Å². The van der Waals surface area contributed by atoms with E-state index in [1.54, 1.807) is 17.1 Å². The van der Waals surface area contributed by atoms with Crippen LogP contribution in [0.1, 0.15) is 32.6 Å². The molecule has 0 spiro atoms. The molecule has 1 aromatic heterocycles. The van der Waals surface area contributed by atoms with Crippen molar-refractivity contribution in [3.8, 4) is 0 Å². The maximum atomic E-state index is 9.71. The number of aliphatic hydroxyl groups is 1. The number of hydrogen-bond acceptors (Lipinski definition) is 4. The van der Waals surface area contributed by atoms with Crippen LogP contribution in [0.5, 0.6) is 0 Å². The fraction of sp³-hybridized carbons (Fsp3) is 0.818. The van der Waals surface area contributed by atoms with Crippen molar-refractivity contribution in [2.24, 2.45) is 0 Å². The Kier molecular flexibility index (Phi) is 7.25. The molecule has 0 fully saturated rings. The van der Waals surface area contributed by atoms with Gasteiger partial charge in [0.2, 0.25) is 0 Å². The number of unbranched alkanes of at least 4 members (excludes halogenated alkanes) is 3. The molecular formula is C11H21N3OS. The molecule has 4 nitrogen and oxygen atoms in total. The number of nitrogens with zero attached hydrogens (tertiary/aromatic N) is 3. The lowest BCUT2D eigenvalue weighted by atomic mass is 10.2. The molecule has 0 saturated carbocycles. The summed E-state index contributed by atoms with van der Waals surface area (Å²) in [5, 5.41) is 17.2. The minimum atomic E-state index is -0.321. The first-order chi connectivity index (χ1) is 7.83. The summed E-state index contributed by atoms with van der Waals surface area (Å²) >= 11 is 1.82. The SMILES string of the molecule is CCCCCCSCC(O)Cn1ccnn1. The third-order valence-electron chi connectivity index (χ3n) is 2.32. The molecule has 0 bridgehead atoms. The number of hydrogen-bond donors (Lipinski definition) is 1. The number of aliphatic hydroxyl groups excluding tert-OH is 1. The predicted octanol–water partition coefficient (Wildman–Crippen LogP) is 1.95. The van der Waals surface area contributed by atoms with Gasteiger partial charge in [-0.05, 0) is 12.2 Å². The summed E-state index contributed by atoms with van der Waals surface area (Å²) in [7, 11) is 0. The van der Waals surface area contributed by atoms with Crippen molar-refractivity contribution in [1.29, 1.82) is 0 Å². The van der Waals surface area contributed by atoms with Crippen molar-refractivity contribution in [1.82, 2.24) is 15.0 Å². The Labute approximate surface area is 101 Å². The van der Waals surface area contributed by atoms with E-state index < -0.39 is 0 Å². The molecule has 16 heavy (non-hydrogen) atoms. The lowest BCUT2D eigenvalue weighted by molar-refractivity contribution is 0.172. The van der Waals surface area contributed by atoms with Gasteiger partial charge in [-0.1, -0.05) is 31.4 Å². The molecule has 0 aliphatic carbocycles. The van der Waals surface area contributed by atoms with Crippen LogP contribution in [0.4, 0.5) is 0 Å². The van der Waals surface area contributed by atoms with E-state index in [4.69, 9.17) is 0 Å². The third kappa shape index (κ3) is 6.12. The van der Waals surface area contributed by atoms with E-state index in [0.29, 0.717) is 6.54 Å². The van der Waals surface area contributed by atoms with Crippen molar-refractivity contribution in [3.63, 3.8) is 0 Å². The van der Waals surface area contributed by atoms with Crippen LogP contribution >= 0.6 is 11.8 Å². The molecule has 0 aliphatic heterocycles. The van der Waals surface area contributed by atoms with E-state index >= 15 is 0 Å². The zero-order chi connectivity index (χ0) is 11.6. The van der Waals surface area contributed by atoms with Crippen LogP contribution in [0, 0.1) is 0 Å². The van der Waals surface area contributed by atoms with Crippen LogP contribution in [0.15, 0.2) is 12.4 Å². The highest BCUT2D eigenvalue weighted by Crippen LogP contribution is 2.09. The second-order valence-corrected chi connectivity index (χ2v) is 5.06. The fourth-order valence-electron chi connectivity index (χ4n) is 1.45. The van der Waals surface area contributed by atoms with Crippen molar-refractivity contribution in [3.05, 3.63) is 12.4 Å². The Hall–Kier alpha value is -0.550. The smallest absolute Gasteiger partial charge is 0.0826 e. The van der Waals surface area contributed by atoms with E-state index in [0.717, 1.165) is 11.5 Å². The van der Waals surface area contributed by atoms with Crippen molar-refractivity contribution in [2.45, 2.75) is 45.3 Å². The van der Waals surface area contributed by atoms with Crippen LogP contribution in [0.2, 0.25) is 0 Å². The van der Waals surface area contributed by atoms with E-state index in [1.807, 2.05) is 11.8 Å². The summed E-state index contributed by atoms with van der Waals surface area (Å²) in [5.74, 6) is 1.93. The molecule has 1 aromatic rings. The summed E-state index contributed by atoms with van der Waals surface area (Å²) in [6.07, 6.45) is 8.25. The van der Waals surface area contributed by atoms with Crippen LogP contribution in [0.3, 0.4) is 0 Å². The van der Waals surface area contributed by atoms with E-state index in [-0.39, 0.29) is 6.10 Å². The van der Waals surface area contributed by atoms with Gasteiger partial charge in [0.15, 0.2) is 0 Å². The first-order valence-electron chi connectivity index (χ1n) is 5.93. The molecule has 1 unspecified atom stereocenters. The van der Waals surface area contributed by atoms with Crippen molar-refractivity contribution in [2.75, 3.05) is 11.5 Å². The Balaban J connectivity index is 1.96. The van der Waals surface area contributed by atoms with Gasteiger partial charge in [0.1, 0.15) is 0 Å². The minimum absolute atomic E-state index is 0.321. The number of rotatable bonds is 9. The topological polar surface area (TPSA) is 50.9 Å². The average Bonchev–Trinajstić information content (AvgIpc) is 2.76. The molecule has 0 aliphatic rings. The molecule has 5 heteroatoms. The first-order valence-corrected chi connectivity index (χ1v) is 7.08. The molecule has 0 amide bonds. The van der Waals surface area contributed by atoms with Crippen LogP contribution < -0.4 is 0 Å². The quantitative estimate of drug-likeness (QED) is 0.674. The van der Waals surface area contributed by atoms with Gasteiger partial charge in [-0.2, -0.15) is 11.8 Å². The average molecular weight is 243 g/mol. The predicted molar refractivity (Wildman–Crippen MR) is 67.5 cm³/mol. The maximum absolute atomic E-state index is 9.71. The summed E-state index contributed by atoms with van der Waals surface area (Å²) < 4.78 is 1.67. The highest BCUT2D eigenvalue weighted by molar-refractivity contribution is 7.99. The Morgan fingerprint density at radius 2 is 2.25 bits per heavy atom. The molecule has 0 radical (unpaired) electrons.